The summed E-state index contributed by atoms with van der Waals surface area (Å²) in [6.07, 6.45) is 3.75. The molecule has 1 atom stereocenters. The molecular weight excluding hydrogens is 166 g/mol. The van der Waals surface area contributed by atoms with E-state index < -0.39 is 0 Å². The maximum absolute atomic E-state index is 5.55. The lowest BCUT2D eigenvalue weighted by Gasteiger charge is -1.93. The van der Waals surface area contributed by atoms with E-state index in [9.17, 15) is 0 Å². The third-order valence-electron chi connectivity index (χ3n) is 1.53. The second-order valence-electron chi connectivity index (χ2n) is 2.96. The van der Waals surface area contributed by atoms with Gasteiger partial charge in [0.2, 0.25) is 0 Å². The van der Waals surface area contributed by atoms with Crippen LogP contribution in [0, 0.1) is 0 Å². The summed E-state index contributed by atoms with van der Waals surface area (Å²) in [5.74, 6) is 1.64. The van der Waals surface area contributed by atoms with Gasteiger partial charge in [0.1, 0.15) is 18.1 Å². The highest BCUT2D eigenvalue weighted by Crippen LogP contribution is 2.10. The van der Waals surface area contributed by atoms with Crippen molar-refractivity contribution in [1.82, 2.24) is 0 Å². The normalized spacial score (nSPS) is 13.8. The van der Waals surface area contributed by atoms with Crippen LogP contribution in [0.5, 0.6) is 0 Å². The van der Waals surface area contributed by atoms with Crippen molar-refractivity contribution < 1.29 is 9.15 Å². The molecule has 3 nitrogen and oxygen atoms in total. The highest BCUT2D eigenvalue weighted by Gasteiger charge is 1.97. The van der Waals surface area contributed by atoms with E-state index in [0.717, 1.165) is 11.5 Å². The van der Waals surface area contributed by atoms with Gasteiger partial charge in [0.25, 0.3) is 0 Å². The van der Waals surface area contributed by atoms with Gasteiger partial charge in [-0.15, -0.1) is 0 Å². The van der Waals surface area contributed by atoms with Gasteiger partial charge in [0.05, 0.1) is 0 Å². The molecular formula is C10H15NO2. The molecule has 0 saturated heterocycles. The van der Waals surface area contributed by atoms with E-state index >= 15 is 0 Å². The van der Waals surface area contributed by atoms with E-state index in [0.29, 0.717) is 6.61 Å². The summed E-state index contributed by atoms with van der Waals surface area (Å²) >= 11 is 0. The molecule has 2 N–H and O–H groups in total. The summed E-state index contributed by atoms with van der Waals surface area (Å²) in [6, 6.07) is 3.84. The van der Waals surface area contributed by atoms with Crippen LogP contribution in [-0.4, -0.2) is 13.2 Å². The van der Waals surface area contributed by atoms with E-state index in [1.54, 1.807) is 7.11 Å². The Morgan fingerprint density at radius 1 is 1.62 bits per heavy atom. The summed E-state index contributed by atoms with van der Waals surface area (Å²) in [5.41, 5.74) is 5.55. The Balaban J connectivity index is 2.58. The predicted octanol–water partition coefficient (Wildman–Crippen LogP) is 1.79. The molecule has 0 amide bonds. The van der Waals surface area contributed by atoms with Gasteiger partial charge >= 0.3 is 0 Å². The fourth-order valence-electron chi connectivity index (χ4n) is 0.951. The van der Waals surface area contributed by atoms with Gasteiger partial charge in [-0.1, -0.05) is 6.08 Å². The zero-order valence-corrected chi connectivity index (χ0v) is 7.99. The molecule has 0 aliphatic heterocycles. The zero-order chi connectivity index (χ0) is 9.68. The van der Waals surface area contributed by atoms with Gasteiger partial charge in [-0.05, 0) is 25.1 Å². The second-order valence-corrected chi connectivity index (χ2v) is 2.96. The van der Waals surface area contributed by atoms with Crippen molar-refractivity contribution in [1.29, 1.82) is 0 Å². The van der Waals surface area contributed by atoms with Crippen molar-refractivity contribution in [3.05, 3.63) is 29.7 Å². The van der Waals surface area contributed by atoms with Gasteiger partial charge in [0.15, 0.2) is 0 Å². The standard InChI is InChI=1S/C10H15NO2/c1-8(11)3-4-9-5-6-10(13-9)7-12-2/h3-6,8H,7,11H2,1-2H3/b4-3+. The Morgan fingerprint density at radius 3 is 3.00 bits per heavy atom. The lowest BCUT2D eigenvalue weighted by atomic mass is 10.3. The van der Waals surface area contributed by atoms with E-state index in [1.807, 2.05) is 31.2 Å². The number of hydrogen-bond donors (Lipinski definition) is 1. The third kappa shape index (κ3) is 3.44. The molecule has 0 fully saturated rings. The highest BCUT2D eigenvalue weighted by molar-refractivity contribution is 5.43. The van der Waals surface area contributed by atoms with Crippen LogP contribution in [-0.2, 0) is 11.3 Å². The topological polar surface area (TPSA) is 48.4 Å². The van der Waals surface area contributed by atoms with Gasteiger partial charge in [-0.3, -0.25) is 0 Å². The van der Waals surface area contributed by atoms with Crippen LogP contribution in [0.25, 0.3) is 6.08 Å². The van der Waals surface area contributed by atoms with E-state index in [-0.39, 0.29) is 6.04 Å². The molecule has 0 aliphatic rings. The van der Waals surface area contributed by atoms with Crippen molar-refractivity contribution in [2.24, 2.45) is 5.73 Å². The summed E-state index contributed by atoms with van der Waals surface area (Å²) in [5, 5.41) is 0. The van der Waals surface area contributed by atoms with Crippen molar-refractivity contribution in [3.63, 3.8) is 0 Å². The molecule has 0 radical (unpaired) electrons. The Hall–Kier alpha value is -1.06. The molecule has 0 aromatic carbocycles. The highest BCUT2D eigenvalue weighted by atomic mass is 16.5. The molecule has 0 saturated carbocycles. The average Bonchev–Trinajstić information content (AvgIpc) is 2.50. The molecule has 0 bridgehead atoms. The minimum Gasteiger partial charge on any atom is -0.459 e. The van der Waals surface area contributed by atoms with Gasteiger partial charge in [-0.25, -0.2) is 0 Å². The van der Waals surface area contributed by atoms with Crippen LogP contribution >= 0.6 is 0 Å². The minimum absolute atomic E-state index is 0.0518. The van der Waals surface area contributed by atoms with Crippen LogP contribution < -0.4 is 5.73 Å². The first-order chi connectivity index (χ1) is 6.22. The summed E-state index contributed by atoms with van der Waals surface area (Å²) in [6.45, 7) is 2.42. The number of ether oxygens (including phenoxy) is 1. The molecule has 13 heavy (non-hydrogen) atoms. The third-order valence-corrected chi connectivity index (χ3v) is 1.53. The zero-order valence-electron chi connectivity index (χ0n) is 7.99. The number of rotatable bonds is 4. The first-order valence-electron chi connectivity index (χ1n) is 4.24. The first-order valence-corrected chi connectivity index (χ1v) is 4.24. The lowest BCUT2D eigenvalue weighted by Crippen LogP contribution is -2.09. The molecule has 1 aromatic rings. The van der Waals surface area contributed by atoms with Crippen molar-refractivity contribution in [2.45, 2.75) is 19.6 Å². The van der Waals surface area contributed by atoms with Crippen LogP contribution in [0.4, 0.5) is 0 Å². The van der Waals surface area contributed by atoms with Crippen molar-refractivity contribution in [2.75, 3.05) is 7.11 Å². The quantitative estimate of drug-likeness (QED) is 0.770. The Morgan fingerprint density at radius 2 is 2.38 bits per heavy atom. The lowest BCUT2D eigenvalue weighted by molar-refractivity contribution is 0.164. The molecule has 0 spiro atoms. The molecule has 1 aromatic heterocycles. The number of furan rings is 1. The minimum atomic E-state index is 0.0518. The Labute approximate surface area is 78.2 Å². The predicted molar refractivity (Wildman–Crippen MR) is 52.1 cm³/mol. The summed E-state index contributed by atoms with van der Waals surface area (Å²) in [7, 11) is 1.64. The van der Waals surface area contributed by atoms with Gasteiger partial charge < -0.3 is 14.9 Å². The molecule has 1 unspecified atom stereocenters. The fourth-order valence-corrected chi connectivity index (χ4v) is 0.951. The second kappa shape index (κ2) is 4.84. The van der Waals surface area contributed by atoms with E-state index in [4.69, 9.17) is 14.9 Å². The van der Waals surface area contributed by atoms with Crippen molar-refractivity contribution >= 4 is 6.08 Å². The van der Waals surface area contributed by atoms with Gasteiger partial charge in [-0.2, -0.15) is 0 Å². The SMILES string of the molecule is COCc1ccc(/C=C/C(C)N)o1. The molecule has 0 aliphatic carbocycles. The van der Waals surface area contributed by atoms with E-state index in [1.165, 1.54) is 0 Å². The Bertz CT molecular complexity index is 276. The smallest absolute Gasteiger partial charge is 0.130 e. The van der Waals surface area contributed by atoms with Crippen molar-refractivity contribution in [3.8, 4) is 0 Å². The Kier molecular flexibility index (Phi) is 3.73. The molecule has 1 rings (SSSR count). The van der Waals surface area contributed by atoms with Crippen LogP contribution in [0.3, 0.4) is 0 Å². The van der Waals surface area contributed by atoms with Crippen LogP contribution in [0.1, 0.15) is 18.4 Å². The first kappa shape index (κ1) is 10.0. The van der Waals surface area contributed by atoms with E-state index in [2.05, 4.69) is 0 Å². The number of methoxy groups -OCH3 is 1. The molecule has 1 heterocycles. The summed E-state index contributed by atoms with van der Waals surface area (Å²) < 4.78 is 10.3. The average molecular weight is 181 g/mol. The maximum atomic E-state index is 5.55. The largest absolute Gasteiger partial charge is 0.459 e. The number of hydrogen-bond acceptors (Lipinski definition) is 3. The van der Waals surface area contributed by atoms with Crippen LogP contribution in [0.15, 0.2) is 22.6 Å². The van der Waals surface area contributed by atoms with Gasteiger partial charge in [0, 0.05) is 13.2 Å². The molecule has 72 valence electrons. The fraction of sp³-hybridized carbons (Fsp3) is 0.400. The maximum Gasteiger partial charge on any atom is 0.130 e. The monoisotopic (exact) mass is 181 g/mol. The molecule has 3 heteroatoms. The summed E-state index contributed by atoms with van der Waals surface area (Å²) in [4.78, 5) is 0. The van der Waals surface area contributed by atoms with Crippen LogP contribution in [0.2, 0.25) is 0 Å². The number of nitrogens with two attached hydrogens (primary N) is 1.